The predicted molar refractivity (Wildman–Crippen MR) is 112 cm³/mol. The molecule has 0 radical (unpaired) electrons. The minimum atomic E-state index is -1.21. The molecule has 0 amide bonds. The Balaban J connectivity index is 1.67. The summed E-state index contributed by atoms with van der Waals surface area (Å²) in [6.45, 7) is 3.91. The Morgan fingerprint density at radius 3 is 2.69 bits per heavy atom. The van der Waals surface area contributed by atoms with E-state index in [1.165, 1.54) is 0 Å². The van der Waals surface area contributed by atoms with Gasteiger partial charge in [0.25, 0.3) is 0 Å². The van der Waals surface area contributed by atoms with Crippen molar-refractivity contribution in [3.63, 3.8) is 0 Å². The van der Waals surface area contributed by atoms with Crippen molar-refractivity contribution in [1.29, 1.82) is 0 Å². The predicted octanol–water partition coefficient (Wildman–Crippen LogP) is 5.09. The van der Waals surface area contributed by atoms with Crippen molar-refractivity contribution in [2.24, 2.45) is 5.41 Å². The first-order valence-electron chi connectivity index (χ1n) is 10.4. The summed E-state index contributed by atoms with van der Waals surface area (Å²) in [7, 11) is 1.55. The molecule has 0 N–H and O–H groups in total. The quantitative estimate of drug-likeness (QED) is 0.680. The maximum atomic E-state index is 13.5. The molecule has 29 heavy (non-hydrogen) atoms. The van der Waals surface area contributed by atoms with Gasteiger partial charge in [0.15, 0.2) is 11.4 Å². The lowest BCUT2D eigenvalue weighted by molar-refractivity contribution is -0.181. The molecule has 0 spiro atoms. The highest BCUT2D eigenvalue weighted by atomic mass is 16.6. The maximum absolute atomic E-state index is 13.5. The first-order chi connectivity index (χ1) is 13.9. The van der Waals surface area contributed by atoms with Crippen molar-refractivity contribution in [3.05, 3.63) is 59.7 Å². The van der Waals surface area contributed by atoms with E-state index < -0.39 is 5.60 Å². The Hall–Kier alpha value is -2.46. The zero-order valence-electron chi connectivity index (χ0n) is 17.4. The average molecular weight is 392 g/mol. The monoisotopic (exact) mass is 392 g/mol. The molecule has 2 aliphatic rings. The number of methoxy groups -OCH3 is 1. The van der Waals surface area contributed by atoms with Crippen LogP contribution in [0.25, 0.3) is 10.8 Å². The highest BCUT2D eigenvalue weighted by molar-refractivity contribution is 5.93. The molecule has 152 valence electrons. The molecule has 4 heteroatoms. The molecule has 4 nitrogen and oxygen atoms in total. The smallest absolute Gasteiger partial charge is 0.343 e. The van der Waals surface area contributed by atoms with Gasteiger partial charge in [0.1, 0.15) is 6.10 Å². The van der Waals surface area contributed by atoms with Crippen molar-refractivity contribution in [1.82, 2.24) is 0 Å². The Labute approximate surface area is 171 Å². The second-order valence-electron chi connectivity index (χ2n) is 8.60. The molecule has 1 saturated carbocycles. The average Bonchev–Trinajstić information content (AvgIpc) is 2.74. The van der Waals surface area contributed by atoms with Crippen LogP contribution in [0.15, 0.2) is 54.1 Å². The van der Waals surface area contributed by atoms with Gasteiger partial charge in [-0.15, -0.1) is 0 Å². The normalized spacial score (nSPS) is 26.4. The van der Waals surface area contributed by atoms with Crippen LogP contribution in [0.1, 0.15) is 51.5 Å². The number of carbonyl (C=O) groups excluding carboxylic acids is 2. The summed E-state index contributed by atoms with van der Waals surface area (Å²) in [6.07, 6.45) is 5.41. The molecule has 1 fully saturated rings. The van der Waals surface area contributed by atoms with Crippen molar-refractivity contribution < 1.29 is 19.1 Å². The highest BCUT2D eigenvalue weighted by Gasteiger charge is 2.47. The molecule has 2 aliphatic carbocycles. The van der Waals surface area contributed by atoms with Gasteiger partial charge in [-0.3, -0.25) is 4.79 Å². The number of benzene rings is 2. The zero-order chi connectivity index (χ0) is 20.6. The number of ketones is 1. The lowest BCUT2D eigenvalue weighted by Crippen LogP contribution is -2.46. The molecular formula is C25H28O4. The Kier molecular flexibility index (Phi) is 5.07. The molecular weight excluding hydrogens is 364 g/mol. The van der Waals surface area contributed by atoms with Crippen LogP contribution in [0.5, 0.6) is 0 Å². The Morgan fingerprint density at radius 1 is 1.14 bits per heavy atom. The number of fused-ring (bicyclic) bond motifs is 2. The SMILES string of the molecule is CO[C@](C)(C(=O)O[C@@H]1CCCC2=CC(=O)CC[C@]21C)c1cccc2ccccc12. The van der Waals surface area contributed by atoms with Gasteiger partial charge >= 0.3 is 5.97 Å². The van der Waals surface area contributed by atoms with Gasteiger partial charge in [0.2, 0.25) is 0 Å². The van der Waals surface area contributed by atoms with E-state index in [0.717, 1.165) is 47.6 Å². The molecule has 0 aromatic heterocycles. The van der Waals surface area contributed by atoms with Crippen molar-refractivity contribution in [3.8, 4) is 0 Å². The summed E-state index contributed by atoms with van der Waals surface area (Å²) in [5, 5.41) is 2.04. The van der Waals surface area contributed by atoms with Crippen LogP contribution in [-0.4, -0.2) is 25.0 Å². The number of hydrogen-bond acceptors (Lipinski definition) is 4. The van der Waals surface area contributed by atoms with Gasteiger partial charge in [-0.05, 0) is 49.5 Å². The van der Waals surface area contributed by atoms with E-state index >= 15 is 0 Å². The van der Waals surface area contributed by atoms with Crippen molar-refractivity contribution >= 4 is 22.5 Å². The molecule has 0 heterocycles. The number of hydrogen-bond donors (Lipinski definition) is 0. The standard InChI is InChI=1S/C25H28O4/c1-24-15-14-19(26)16-18(24)10-7-13-22(24)29-23(27)25(2,28-3)21-12-6-9-17-8-4-5-11-20(17)21/h4-6,8-9,11-12,16,22H,7,10,13-15H2,1-3H3/t22-,24-,25+/m1/s1. The van der Waals surface area contributed by atoms with Crippen LogP contribution >= 0.6 is 0 Å². The van der Waals surface area contributed by atoms with Gasteiger partial charge in [-0.25, -0.2) is 4.79 Å². The van der Waals surface area contributed by atoms with Gasteiger partial charge in [0, 0.05) is 24.5 Å². The number of carbonyl (C=O) groups is 2. The van der Waals surface area contributed by atoms with E-state index in [1.54, 1.807) is 20.1 Å². The first kappa shape index (κ1) is 19.8. The Bertz CT molecular complexity index is 986. The number of ether oxygens (including phenoxy) is 2. The maximum Gasteiger partial charge on any atom is 0.343 e. The summed E-state index contributed by atoms with van der Waals surface area (Å²) in [5.41, 5.74) is 0.457. The fraction of sp³-hybridized carbons (Fsp3) is 0.440. The largest absolute Gasteiger partial charge is 0.459 e. The van der Waals surface area contributed by atoms with E-state index in [1.807, 2.05) is 42.5 Å². The summed E-state index contributed by atoms with van der Waals surface area (Å²) in [6, 6.07) is 13.9. The molecule has 0 aliphatic heterocycles. The first-order valence-corrected chi connectivity index (χ1v) is 10.4. The van der Waals surface area contributed by atoms with Gasteiger partial charge < -0.3 is 9.47 Å². The third kappa shape index (κ3) is 3.29. The van der Waals surface area contributed by atoms with Gasteiger partial charge in [-0.2, -0.15) is 0 Å². The van der Waals surface area contributed by atoms with E-state index in [2.05, 4.69) is 6.92 Å². The summed E-state index contributed by atoms with van der Waals surface area (Å²) in [4.78, 5) is 25.4. The second kappa shape index (κ2) is 7.42. The van der Waals surface area contributed by atoms with Gasteiger partial charge in [-0.1, -0.05) is 55.0 Å². The van der Waals surface area contributed by atoms with Crippen LogP contribution < -0.4 is 0 Å². The van der Waals surface area contributed by atoms with E-state index in [-0.39, 0.29) is 23.3 Å². The zero-order valence-corrected chi connectivity index (χ0v) is 17.4. The molecule has 4 rings (SSSR count). The van der Waals surface area contributed by atoms with Crippen LogP contribution in [0.2, 0.25) is 0 Å². The van der Waals surface area contributed by atoms with E-state index in [9.17, 15) is 9.59 Å². The van der Waals surface area contributed by atoms with E-state index in [4.69, 9.17) is 9.47 Å². The topological polar surface area (TPSA) is 52.6 Å². The molecule has 0 bridgehead atoms. The van der Waals surface area contributed by atoms with Gasteiger partial charge in [0.05, 0.1) is 0 Å². The van der Waals surface area contributed by atoms with Crippen molar-refractivity contribution in [2.75, 3.05) is 7.11 Å². The third-order valence-corrected chi connectivity index (χ3v) is 6.93. The molecule has 2 aromatic carbocycles. The summed E-state index contributed by atoms with van der Waals surface area (Å²) >= 11 is 0. The van der Waals surface area contributed by atoms with E-state index in [0.29, 0.717) is 6.42 Å². The molecule has 0 unspecified atom stereocenters. The lowest BCUT2D eigenvalue weighted by Gasteiger charge is -2.45. The van der Waals surface area contributed by atoms with Crippen LogP contribution in [0.4, 0.5) is 0 Å². The van der Waals surface area contributed by atoms with Crippen molar-refractivity contribution in [2.45, 2.75) is 57.7 Å². The number of allylic oxidation sites excluding steroid dienone is 1. The Morgan fingerprint density at radius 2 is 1.90 bits per heavy atom. The minimum absolute atomic E-state index is 0.182. The summed E-state index contributed by atoms with van der Waals surface area (Å²) in [5.74, 6) is -0.192. The lowest BCUT2D eigenvalue weighted by atomic mass is 9.64. The molecule has 2 aromatic rings. The second-order valence-corrected chi connectivity index (χ2v) is 8.60. The van der Waals surface area contributed by atoms with Crippen LogP contribution in [-0.2, 0) is 24.7 Å². The third-order valence-electron chi connectivity index (χ3n) is 6.93. The molecule has 0 saturated heterocycles. The fourth-order valence-electron chi connectivity index (χ4n) is 4.87. The summed E-state index contributed by atoms with van der Waals surface area (Å²) < 4.78 is 11.9. The molecule has 3 atom stereocenters. The number of rotatable bonds is 4. The minimum Gasteiger partial charge on any atom is -0.459 e. The number of esters is 1. The van der Waals surface area contributed by atoms with Crippen LogP contribution in [0.3, 0.4) is 0 Å². The van der Waals surface area contributed by atoms with Crippen LogP contribution in [0, 0.1) is 5.41 Å². The fourth-order valence-corrected chi connectivity index (χ4v) is 4.87. The highest BCUT2D eigenvalue weighted by Crippen LogP contribution is 2.48.